The van der Waals surface area contributed by atoms with Crippen LogP contribution in [0.1, 0.15) is 16.1 Å². The quantitative estimate of drug-likeness (QED) is 0.626. The topological polar surface area (TPSA) is 125 Å². The average molecular weight is 277 g/mol. The smallest absolute Gasteiger partial charge is 0.339 e. The number of carbonyl (C=O) groups is 2. The number of nitrogens with zero attached hydrogens (tertiary/aromatic N) is 1. The molecule has 8 nitrogen and oxygen atoms in total. The minimum Gasteiger partial charge on any atom is -0.507 e. The maximum absolute atomic E-state index is 11.6. The van der Waals surface area contributed by atoms with Gasteiger partial charge in [-0.2, -0.15) is 0 Å². The van der Waals surface area contributed by atoms with Crippen molar-refractivity contribution in [2.45, 2.75) is 6.54 Å². The van der Waals surface area contributed by atoms with Gasteiger partial charge in [0.2, 0.25) is 0 Å². The number of aromatic carboxylic acids is 1. The number of aromatic nitrogens is 1. The highest BCUT2D eigenvalue weighted by Gasteiger charge is 2.11. The highest BCUT2D eigenvalue weighted by atomic mass is 16.5. The summed E-state index contributed by atoms with van der Waals surface area (Å²) in [7, 11) is 0. The molecule has 0 fully saturated rings. The molecule has 2 rings (SSSR count). The fourth-order valence-corrected chi connectivity index (χ4v) is 1.46. The number of carboxylic acid groups (broad SMARTS) is 1. The molecule has 1 aromatic carbocycles. The van der Waals surface area contributed by atoms with Gasteiger partial charge in [0.25, 0.3) is 0 Å². The summed E-state index contributed by atoms with van der Waals surface area (Å²) < 4.78 is 4.61. The van der Waals surface area contributed by atoms with Crippen LogP contribution < -0.4 is 10.6 Å². The first-order chi connectivity index (χ1) is 9.56. The van der Waals surface area contributed by atoms with Gasteiger partial charge in [-0.25, -0.2) is 9.59 Å². The molecular weight excluding hydrogens is 266 g/mol. The number of phenols is 1. The highest BCUT2D eigenvalue weighted by molar-refractivity contribution is 5.95. The van der Waals surface area contributed by atoms with Crippen molar-refractivity contribution in [3.05, 3.63) is 41.8 Å². The molecular formula is C12H11N3O5. The molecule has 0 radical (unpaired) electrons. The minimum absolute atomic E-state index is 0.173. The van der Waals surface area contributed by atoms with Crippen molar-refractivity contribution in [3.8, 4) is 5.75 Å². The van der Waals surface area contributed by atoms with E-state index < -0.39 is 12.0 Å². The van der Waals surface area contributed by atoms with E-state index in [1.807, 2.05) is 0 Å². The van der Waals surface area contributed by atoms with Crippen molar-refractivity contribution in [2.24, 2.45) is 0 Å². The number of hydrogen-bond donors (Lipinski definition) is 4. The molecule has 0 aliphatic carbocycles. The summed E-state index contributed by atoms with van der Waals surface area (Å²) in [5, 5.41) is 26.8. The number of rotatable bonds is 4. The van der Waals surface area contributed by atoms with Crippen LogP contribution in [0.4, 0.5) is 10.5 Å². The fraction of sp³-hybridized carbons (Fsp3) is 0.0833. The van der Waals surface area contributed by atoms with E-state index in [9.17, 15) is 14.7 Å². The maximum Gasteiger partial charge on any atom is 0.339 e. The van der Waals surface area contributed by atoms with Crippen LogP contribution >= 0.6 is 0 Å². The maximum atomic E-state index is 11.6. The lowest BCUT2D eigenvalue weighted by molar-refractivity contribution is 0.0693. The molecule has 1 heterocycles. The van der Waals surface area contributed by atoms with Gasteiger partial charge >= 0.3 is 12.0 Å². The minimum atomic E-state index is -1.28. The molecule has 1 aromatic heterocycles. The van der Waals surface area contributed by atoms with E-state index in [1.165, 1.54) is 18.4 Å². The van der Waals surface area contributed by atoms with Gasteiger partial charge in [-0.1, -0.05) is 5.16 Å². The molecule has 0 spiro atoms. The first-order valence-electron chi connectivity index (χ1n) is 5.56. The summed E-state index contributed by atoms with van der Waals surface area (Å²) in [6, 6.07) is 4.81. The number of aromatic hydroxyl groups is 1. The van der Waals surface area contributed by atoms with Crippen LogP contribution in [0.2, 0.25) is 0 Å². The molecule has 0 aliphatic heterocycles. The van der Waals surface area contributed by atoms with Crippen molar-refractivity contribution < 1.29 is 24.3 Å². The van der Waals surface area contributed by atoms with Crippen molar-refractivity contribution >= 4 is 17.7 Å². The molecule has 0 atom stereocenters. The third-order valence-corrected chi connectivity index (χ3v) is 2.41. The Balaban J connectivity index is 1.97. The van der Waals surface area contributed by atoms with Crippen LogP contribution in [0.3, 0.4) is 0 Å². The van der Waals surface area contributed by atoms with Gasteiger partial charge in [0.15, 0.2) is 0 Å². The van der Waals surface area contributed by atoms with Crippen molar-refractivity contribution in [2.75, 3.05) is 5.32 Å². The predicted octanol–water partition coefficient (Wildman–Crippen LogP) is 1.40. The normalized spacial score (nSPS) is 10.0. The zero-order chi connectivity index (χ0) is 14.5. The van der Waals surface area contributed by atoms with Gasteiger partial charge in [-0.05, 0) is 18.2 Å². The van der Waals surface area contributed by atoms with Crippen LogP contribution in [-0.2, 0) is 6.54 Å². The van der Waals surface area contributed by atoms with E-state index in [-0.39, 0.29) is 23.5 Å². The van der Waals surface area contributed by atoms with Gasteiger partial charge < -0.3 is 25.4 Å². The van der Waals surface area contributed by atoms with Crippen molar-refractivity contribution in [1.82, 2.24) is 10.5 Å². The number of nitrogens with one attached hydrogen (secondary N) is 2. The first kappa shape index (κ1) is 13.4. The summed E-state index contributed by atoms with van der Waals surface area (Å²) in [6.07, 6.45) is 1.38. The van der Waals surface area contributed by atoms with Crippen molar-refractivity contribution in [1.29, 1.82) is 0 Å². The van der Waals surface area contributed by atoms with Crippen LogP contribution in [0, 0.1) is 0 Å². The molecule has 0 saturated heterocycles. The second-order valence-corrected chi connectivity index (χ2v) is 3.84. The number of amides is 2. The standard InChI is InChI=1S/C12H11N3O5/c16-10-2-1-7(5-9(10)11(17)18)14-12(19)13-6-8-3-4-20-15-8/h1-5,16H,6H2,(H,17,18)(H2,13,14,19). The zero-order valence-corrected chi connectivity index (χ0v) is 10.2. The zero-order valence-electron chi connectivity index (χ0n) is 10.2. The number of urea groups is 1. The molecule has 0 aliphatic rings. The Hall–Kier alpha value is -3.03. The van der Waals surface area contributed by atoms with Gasteiger partial charge in [0.05, 0.1) is 6.54 Å². The molecule has 20 heavy (non-hydrogen) atoms. The second-order valence-electron chi connectivity index (χ2n) is 3.84. The molecule has 4 N–H and O–H groups in total. The molecule has 0 bridgehead atoms. The third kappa shape index (κ3) is 3.25. The summed E-state index contributed by atoms with van der Waals surface area (Å²) >= 11 is 0. The lowest BCUT2D eigenvalue weighted by Gasteiger charge is -2.07. The van der Waals surface area contributed by atoms with Gasteiger partial charge in [0, 0.05) is 11.8 Å². The molecule has 8 heteroatoms. The van der Waals surface area contributed by atoms with Gasteiger partial charge in [-0.3, -0.25) is 0 Å². The molecule has 0 saturated carbocycles. The Morgan fingerprint density at radius 2 is 2.10 bits per heavy atom. The van der Waals surface area contributed by atoms with Crippen molar-refractivity contribution in [3.63, 3.8) is 0 Å². The van der Waals surface area contributed by atoms with Crippen LogP contribution in [0.5, 0.6) is 5.75 Å². The largest absolute Gasteiger partial charge is 0.507 e. The van der Waals surface area contributed by atoms with E-state index in [0.717, 1.165) is 6.07 Å². The number of anilines is 1. The summed E-state index contributed by atoms with van der Waals surface area (Å²) in [5.74, 6) is -1.65. The second kappa shape index (κ2) is 5.74. The first-order valence-corrected chi connectivity index (χ1v) is 5.56. The number of carbonyl (C=O) groups excluding carboxylic acids is 1. The summed E-state index contributed by atoms with van der Waals surface area (Å²) in [4.78, 5) is 22.4. The van der Waals surface area contributed by atoms with E-state index in [1.54, 1.807) is 6.07 Å². The Labute approximate surface area is 113 Å². The highest BCUT2D eigenvalue weighted by Crippen LogP contribution is 2.21. The molecule has 104 valence electrons. The Morgan fingerprint density at radius 1 is 1.30 bits per heavy atom. The van der Waals surface area contributed by atoms with Gasteiger partial charge in [-0.15, -0.1) is 0 Å². The van der Waals surface area contributed by atoms with E-state index >= 15 is 0 Å². The lowest BCUT2D eigenvalue weighted by atomic mass is 10.2. The van der Waals surface area contributed by atoms with Crippen LogP contribution in [0.25, 0.3) is 0 Å². The summed E-state index contributed by atoms with van der Waals surface area (Å²) in [5.41, 5.74) is 0.509. The monoisotopic (exact) mass is 277 g/mol. The third-order valence-electron chi connectivity index (χ3n) is 2.41. The lowest BCUT2D eigenvalue weighted by Crippen LogP contribution is -2.28. The van der Waals surface area contributed by atoms with E-state index in [0.29, 0.717) is 5.69 Å². The number of hydrogen-bond acceptors (Lipinski definition) is 5. The number of benzene rings is 1. The Kier molecular flexibility index (Phi) is 3.85. The van der Waals surface area contributed by atoms with E-state index in [4.69, 9.17) is 5.11 Å². The number of carboxylic acids is 1. The average Bonchev–Trinajstić information content (AvgIpc) is 2.91. The Morgan fingerprint density at radius 3 is 2.75 bits per heavy atom. The van der Waals surface area contributed by atoms with Crippen LogP contribution in [0.15, 0.2) is 35.1 Å². The molecule has 0 unspecified atom stereocenters. The predicted molar refractivity (Wildman–Crippen MR) is 67.4 cm³/mol. The van der Waals surface area contributed by atoms with Gasteiger partial charge in [0.1, 0.15) is 23.3 Å². The molecule has 2 amide bonds. The van der Waals surface area contributed by atoms with E-state index in [2.05, 4.69) is 20.3 Å². The van der Waals surface area contributed by atoms with Crippen LogP contribution in [-0.4, -0.2) is 27.4 Å². The Bertz CT molecular complexity index is 624. The molecule has 2 aromatic rings. The SMILES string of the molecule is O=C(NCc1ccon1)Nc1ccc(O)c(C(=O)O)c1. The fourth-order valence-electron chi connectivity index (χ4n) is 1.46. The summed E-state index contributed by atoms with van der Waals surface area (Å²) in [6.45, 7) is 0.173.